The molecule has 1 aromatic heterocycles. The van der Waals surface area contributed by atoms with Gasteiger partial charge < -0.3 is 4.74 Å². The Morgan fingerprint density at radius 1 is 1.31 bits per heavy atom. The number of halogens is 1. The molecule has 0 saturated heterocycles. The van der Waals surface area contributed by atoms with Crippen LogP contribution in [0.25, 0.3) is 0 Å². The number of H-pyrrole nitrogens is 1. The van der Waals surface area contributed by atoms with Gasteiger partial charge in [0.25, 0.3) is 0 Å². The van der Waals surface area contributed by atoms with Gasteiger partial charge in [-0.3, -0.25) is 5.10 Å². The van der Waals surface area contributed by atoms with Gasteiger partial charge in [0.1, 0.15) is 5.75 Å². The van der Waals surface area contributed by atoms with E-state index in [2.05, 4.69) is 10.2 Å². The van der Waals surface area contributed by atoms with Crippen molar-refractivity contribution in [3.8, 4) is 11.5 Å². The van der Waals surface area contributed by atoms with Gasteiger partial charge in [-0.25, -0.2) is 0 Å². The number of benzene rings is 1. The molecule has 0 saturated carbocycles. The van der Waals surface area contributed by atoms with Gasteiger partial charge >= 0.3 is 0 Å². The number of nitrogens with zero attached hydrogens (tertiary/aromatic N) is 1. The quantitative estimate of drug-likeness (QED) is 0.798. The second kappa shape index (κ2) is 3.49. The molecule has 1 heterocycles. The predicted octanol–water partition coefficient (Wildman–Crippen LogP) is 2.86. The first kappa shape index (κ1) is 8.13. The van der Waals surface area contributed by atoms with E-state index in [0.717, 1.165) is 0 Å². The summed E-state index contributed by atoms with van der Waals surface area (Å²) >= 11 is 5.89. The Hall–Kier alpha value is -1.48. The van der Waals surface area contributed by atoms with Crippen LogP contribution in [0, 0.1) is 0 Å². The molecule has 0 aliphatic heterocycles. The Balaban J connectivity index is 2.24. The van der Waals surface area contributed by atoms with Crippen molar-refractivity contribution in [3.63, 3.8) is 0 Å². The molecular formula is C9H7ClN2O. The minimum absolute atomic E-state index is 0.587. The Bertz CT molecular complexity index is 386. The highest BCUT2D eigenvalue weighted by Crippen LogP contribution is 2.27. The lowest BCUT2D eigenvalue weighted by Crippen LogP contribution is -1.81. The van der Waals surface area contributed by atoms with Crippen LogP contribution in [0.4, 0.5) is 0 Å². The van der Waals surface area contributed by atoms with E-state index < -0.39 is 0 Å². The highest BCUT2D eigenvalue weighted by Gasteiger charge is 2.01. The minimum Gasteiger partial charge on any atom is -0.453 e. The molecule has 0 spiro atoms. The van der Waals surface area contributed by atoms with Gasteiger partial charge in [-0.2, -0.15) is 5.10 Å². The SMILES string of the molecule is Clc1ccccc1Oc1cn[nH]c1. The first-order valence-corrected chi connectivity index (χ1v) is 4.15. The lowest BCUT2D eigenvalue weighted by atomic mass is 10.3. The number of ether oxygens (including phenoxy) is 1. The molecule has 0 aliphatic carbocycles. The van der Waals surface area contributed by atoms with Gasteiger partial charge in [-0.1, -0.05) is 23.7 Å². The first-order chi connectivity index (χ1) is 6.36. The smallest absolute Gasteiger partial charge is 0.165 e. The minimum atomic E-state index is 0.587. The van der Waals surface area contributed by atoms with Crippen molar-refractivity contribution in [2.75, 3.05) is 0 Å². The van der Waals surface area contributed by atoms with E-state index in [-0.39, 0.29) is 0 Å². The molecule has 0 unspecified atom stereocenters. The number of aromatic amines is 1. The summed E-state index contributed by atoms with van der Waals surface area (Å²) in [4.78, 5) is 0. The van der Waals surface area contributed by atoms with E-state index in [1.807, 2.05) is 12.1 Å². The van der Waals surface area contributed by atoms with Crippen molar-refractivity contribution in [2.24, 2.45) is 0 Å². The lowest BCUT2D eigenvalue weighted by Gasteiger charge is -2.03. The summed E-state index contributed by atoms with van der Waals surface area (Å²) in [6.45, 7) is 0. The van der Waals surface area contributed by atoms with Crippen LogP contribution in [-0.2, 0) is 0 Å². The summed E-state index contributed by atoms with van der Waals surface area (Å²) in [5, 5.41) is 6.99. The molecule has 1 N–H and O–H groups in total. The fourth-order valence-corrected chi connectivity index (χ4v) is 1.12. The molecule has 2 aromatic rings. The zero-order valence-corrected chi connectivity index (χ0v) is 7.45. The van der Waals surface area contributed by atoms with Crippen molar-refractivity contribution in [1.82, 2.24) is 10.2 Å². The van der Waals surface area contributed by atoms with Gasteiger partial charge in [0.05, 0.1) is 17.4 Å². The number of hydrogen-bond donors (Lipinski definition) is 1. The summed E-state index contributed by atoms with van der Waals surface area (Å²) in [5.74, 6) is 1.28. The molecule has 2 rings (SSSR count). The normalized spacial score (nSPS) is 9.92. The Labute approximate surface area is 80.3 Å². The summed E-state index contributed by atoms with van der Waals surface area (Å²) in [5.41, 5.74) is 0. The molecule has 0 atom stereocenters. The van der Waals surface area contributed by atoms with E-state index in [9.17, 15) is 0 Å². The number of rotatable bonds is 2. The maximum atomic E-state index is 5.89. The summed E-state index contributed by atoms with van der Waals surface area (Å²) < 4.78 is 5.42. The second-order valence-electron chi connectivity index (χ2n) is 2.47. The van der Waals surface area contributed by atoms with Crippen LogP contribution < -0.4 is 4.74 Å². The van der Waals surface area contributed by atoms with Crippen LogP contribution in [0.2, 0.25) is 5.02 Å². The van der Waals surface area contributed by atoms with E-state index in [1.54, 1.807) is 24.5 Å². The highest BCUT2D eigenvalue weighted by atomic mass is 35.5. The predicted molar refractivity (Wildman–Crippen MR) is 50.1 cm³/mol. The monoisotopic (exact) mass is 194 g/mol. The second-order valence-corrected chi connectivity index (χ2v) is 2.87. The highest BCUT2D eigenvalue weighted by molar-refractivity contribution is 6.32. The number of aromatic nitrogens is 2. The molecule has 0 amide bonds. The topological polar surface area (TPSA) is 37.9 Å². The third-order valence-electron chi connectivity index (χ3n) is 1.54. The molecule has 0 aliphatic rings. The molecular weight excluding hydrogens is 188 g/mol. The Morgan fingerprint density at radius 3 is 2.85 bits per heavy atom. The first-order valence-electron chi connectivity index (χ1n) is 3.77. The third kappa shape index (κ3) is 1.81. The van der Waals surface area contributed by atoms with Crippen molar-refractivity contribution < 1.29 is 4.74 Å². The van der Waals surface area contributed by atoms with Gasteiger partial charge in [-0.15, -0.1) is 0 Å². The summed E-state index contributed by atoms with van der Waals surface area (Å²) in [7, 11) is 0. The fourth-order valence-electron chi connectivity index (χ4n) is 0.949. The molecule has 1 aromatic carbocycles. The van der Waals surface area contributed by atoms with E-state index >= 15 is 0 Å². The summed E-state index contributed by atoms with van der Waals surface area (Å²) in [6.07, 6.45) is 3.24. The molecule has 0 bridgehead atoms. The molecule has 13 heavy (non-hydrogen) atoms. The molecule has 0 fully saturated rings. The molecule has 4 heteroatoms. The number of nitrogens with one attached hydrogen (secondary N) is 1. The van der Waals surface area contributed by atoms with E-state index in [1.165, 1.54) is 0 Å². The van der Waals surface area contributed by atoms with Gasteiger partial charge in [0.2, 0.25) is 0 Å². The van der Waals surface area contributed by atoms with Crippen molar-refractivity contribution >= 4 is 11.6 Å². The standard InChI is InChI=1S/C9H7ClN2O/c10-8-3-1-2-4-9(8)13-7-5-11-12-6-7/h1-6H,(H,11,12). The third-order valence-corrected chi connectivity index (χ3v) is 1.85. The van der Waals surface area contributed by atoms with Crippen LogP contribution in [0.3, 0.4) is 0 Å². The van der Waals surface area contributed by atoms with Crippen LogP contribution in [0.5, 0.6) is 11.5 Å². The van der Waals surface area contributed by atoms with Gasteiger partial charge in [0, 0.05) is 0 Å². The zero-order chi connectivity index (χ0) is 9.10. The van der Waals surface area contributed by atoms with Gasteiger partial charge in [-0.05, 0) is 12.1 Å². The van der Waals surface area contributed by atoms with Crippen LogP contribution in [0.1, 0.15) is 0 Å². The van der Waals surface area contributed by atoms with E-state index in [0.29, 0.717) is 16.5 Å². The Morgan fingerprint density at radius 2 is 2.15 bits per heavy atom. The fraction of sp³-hybridized carbons (Fsp3) is 0. The molecule has 3 nitrogen and oxygen atoms in total. The average Bonchev–Trinajstić information content (AvgIpc) is 2.61. The number of hydrogen-bond acceptors (Lipinski definition) is 2. The van der Waals surface area contributed by atoms with E-state index in [4.69, 9.17) is 16.3 Å². The van der Waals surface area contributed by atoms with Crippen LogP contribution in [-0.4, -0.2) is 10.2 Å². The lowest BCUT2D eigenvalue weighted by molar-refractivity contribution is 0.483. The maximum Gasteiger partial charge on any atom is 0.165 e. The van der Waals surface area contributed by atoms with Crippen molar-refractivity contribution in [3.05, 3.63) is 41.7 Å². The Kier molecular flexibility index (Phi) is 2.19. The molecule has 0 radical (unpaired) electrons. The number of para-hydroxylation sites is 1. The average molecular weight is 195 g/mol. The van der Waals surface area contributed by atoms with Crippen molar-refractivity contribution in [2.45, 2.75) is 0 Å². The largest absolute Gasteiger partial charge is 0.453 e. The van der Waals surface area contributed by atoms with Gasteiger partial charge in [0.15, 0.2) is 5.75 Å². The van der Waals surface area contributed by atoms with Crippen molar-refractivity contribution in [1.29, 1.82) is 0 Å². The summed E-state index contributed by atoms with van der Waals surface area (Å²) in [6, 6.07) is 7.29. The zero-order valence-electron chi connectivity index (χ0n) is 6.70. The van der Waals surface area contributed by atoms with Crippen LogP contribution >= 0.6 is 11.6 Å². The maximum absolute atomic E-state index is 5.89. The van der Waals surface area contributed by atoms with Crippen LogP contribution in [0.15, 0.2) is 36.7 Å². The molecule has 66 valence electrons.